The molecule has 1 aromatic heterocycles. The molecular weight excluding hydrogens is 637 g/mol. The van der Waals surface area contributed by atoms with E-state index >= 15 is 0 Å². The van der Waals surface area contributed by atoms with Crippen molar-refractivity contribution in [2.24, 2.45) is 0 Å². The monoisotopic (exact) mass is 680 g/mol. The van der Waals surface area contributed by atoms with E-state index in [0.29, 0.717) is 25.9 Å². The molecule has 0 saturated carbocycles. The molecule has 2 N–H and O–H groups in total. The summed E-state index contributed by atoms with van der Waals surface area (Å²) in [5, 5.41) is 6.91. The van der Waals surface area contributed by atoms with Gasteiger partial charge in [-0.05, 0) is 39.8 Å². The molecule has 0 fully saturated rings. The first-order valence-corrected chi connectivity index (χ1v) is 18.1. The molecule has 1 heterocycles. The minimum absolute atomic E-state index is 0.0116. The Bertz CT molecular complexity index is 1970. The summed E-state index contributed by atoms with van der Waals surface area (Å²) in [4.78, 5) is 18.9. The minimum Gasteiger partial charge on any atom is -0.354 e. The molecule has 7 rings (SSSR count). The van der Waals surface area contributed by atoms with Gasteiger partial charge in [0.05, 0.1) is 18.1 Å². The predicted molar refractivity (Wildman–Crippen MR) is 210 cm³/mol. The summed E-state index contributed by atoms with van der Waals surface area (Å²) < 4.78 is 2.24. The SMILES string of the molecule is O=C(NCC(c1ccccc1)c1ccccc1)[C@@H](Cc1ccccc1)NCCc1cn(C(c2ccccc2)(c2ccccc2)c2ccccc2)cn1. The van der Waals surface area contributed by atoms with Gasteiger partial charge in [-0.25, -0.2) is 4.98 Å². The number of amides is 1. The fourth-order valence-electron chi connectivity index (χ4n) is 7.27. The third-order valence-electron chi connectivity index (χ3n) is 9.85. The first-order chi connectivity index (χ1) is 25.7. The normalized spacial score (nSPS) is 12.0. The lowest BCUT2D eigenvalue weighted by Gasteiger charge is -2.37. The highest BCUT2D eigenvalue weighted by Gasteiger charge is 2.38. The van der Waals surface area contributed by atoms with Gasteiger partial charge in [0.2, 0.25) is 5.91 Å². The second-order valence-corrected chi connectivity index (χ2v) is 13.1. The van der Waals surface area contributed by atoms with Gasteiger partial charge >= 0.3 is 0 Å². The van der Waals surface area contributed by atoms with Gasteiger partial charge in [-0.1, -0.05) is 182 Å². The minimum atomic E-state index is -0.619. The van der Waals surface area contributed by atoms with Gasteiger partial charge in [-0.2, -0.15) is 0 Å². The Kier molecular flexibility index (Phi) is 11.1. The molecule has 7 aromatic rings. The van der Waals surface area contributed by atoms with E-state index in [4.69, 9.17) is 4.98 Å². The number of nitrogens with zero attached hydrogens (tertiary/aromatic N) is 2. The molecule has 0 aliphatic heterocycles. The van der Waals surface area contributed by atoms with Gasteiger partial charge in [0.25, 0.3) is 0 Å². The lowest BCUT2D eigenvalue weighted by molar-refractivity contribution is -0.123. The zero-order valence-corrected chi connectivity index (χ0v) is 29.3. The van der Waals surface area contributed by atoms with Crippen LogP contribution in [0.2, 0.25) is 0 Å². The Hall–Kier alpha value is -6.04. The molecule has 0 saturated heterocycles. The molecule has 52 heavy (non-hydrogen) atoms. The smallest absolute Gasteiger partial charge is 0.237 e. The molecule has 5 heteroatoms. The number of carbonyl (C=O) groups is 1. The van der Waals surface area contributed by atoms with Crippen molar-refractivity contribution in [2.45, 2.75) is 30.3 Å². The molecule has 1 atom stereocenters. The van der Waals surface area contributed by atoms with Crippen LogP contribution in [-0.4, -0.2) is 34.6 Å². The molecule has 0 aliphatic carbocycles. The number of aromatic nitrogens is 2. The maximum atomic E-state index is 14.0. The molecular formula is C47H44N4O. The van der Waals surface area contributed by atoms with Gasteiger partial charge in [0.1, 0.15) is 5.54 Å². The summed E-state index contributed by atoms with van der Waals surface area (Å²) >= 11 is 0. The molecule has 0 aliphatic rings. The third-order valence-corrected chi connectivity index (χ3v) is 9.85. The number of hydrogen-bond acceptors (Lipinski definition) is 3. The topological polar surface area (TPSA) is 59.0 Å². The summed E-state index contributed by atoms with van der Waals surface area (Å²) in [6, 6.07) is 62.5. The van der Waals surface area contributed by atoms with Gasteiger partial charge in [0.15, 0.2) is 0 Å². The van der Waals surface area contributed by atoms with Crippen LogP contribution in [-0.2, 0) is 23.2 Å². The van der Waals surface area contributed by atoms with Crippen molar-refractivity contribution in [3.63, 3.8) is 0 Å². The zero-order valence-electron chi connectivity index (χ0n) is 29.3. The van der Waals surface area contributed by atoms with E-state index in [-0.39, 0.29) is 11.8 Å². The van der Waals surface area contributed by atoms with Crippen molar-refractivity contribution in [1.82, 2.24) is 20.2 Å². The summed E-state index contributed by atoms with van der Waals surface area (Å²) in [7, 11) is 0. The van der Waals surface area contributed by atoms with Crippen LogP contribution < -0.4 is 10.6 Å². The number of nitrogens with one attached hydrogen (secondary N) is 2. The Morgan fingerprint density at radius 1 is 0.596 bits per heavy atom. The average Bonchev–Trinajstić information content (AvgIpc) is 3.69. The number of imidazole rings is 1. The molecule has 0 spiro atoms. The van der Waals surface area contributed by atoms with Gasteiger partial charge in [-0.3, -0.25) is 4.79 Å². The fourth-order valence-corrected chi connectivity index (χ4v) is 7.27. The first kappa shape index (κ1) is 34.4. The second kappa shape index (κ2) is 16.8. The average molecular weight is 681 g/mol. The Labute approximate surface area is 307 Å². The largest absolute Gasteiger partial charge is 0.354 e. The Balaban J connectivity index is 1.12. The highest BCUT2D eigenvalue weighted by atomic mass is 16.2. The number of hydrogen-bond donors (Lipinski definition) is 2. The third kappa shape index (κ3) is 7.80. The van der Waals surface area contributed by atoms with Crippen molar-refractivity contribution < 1.29 is 4.79 Å². The maximum absolute atomic E-state index is 14.0. The van der Waals surface area contributed by atoms with Crippen LogP contribution in [0.3, 0.4) is 0 Å². The van der Waals surface area contributed by atoms with Gasteiger partial charge < -0.3 is 15.2 Å². The van der Waals surface area contributed by atoms with Crippen LogP contribution in [0.1, 0.15) is 45.0 Å². The van der Waals surface area contributed by atoms with Crippen LogP contribution in [0.15, 0.2) is 195 Å². The maximum Gasteiger partial charge on any atom is 0.237 e. The van der Waals surface area contributed by atoms with Crippen molar-refractivity contribution in [3.05, 3.63) is 234 Å². The summed E-state index contributed by atoms with van der Waals surface area (Å²) in [5.41, 5.74) is 7.25. The van der Waals surface area contributed by atoms with E-state index in [0.717, 1.165) is 27.9 Å². The molecule has 0 radical (unpaired) electrons. The lowest BCUT2D eigenvalue weighted by atomic mass is 9.77. The molecule has 6 aromatic carbocycles. The van der Waals surface area contributed by atoms with Crippen molar-refractivity contribution >= 4 is 5.91 Å². The van der Waals surface area contributed by atoms with E-state index in [9.17, 15) is 4.79 Å². The van der Waals surface area contributed by atoms with Crippen LogP contribution in [0.4, 0.5) is 0 Å². The first-order valence-electron chi connectivity index (χ1n) is 18.1. The molecule has 5 nitrogen and oxygen atoms in total. The quantitative estimate of drug-likeness (QED) is 0.107. The summed E-state index contributed by atoms with van der Waals surface area (Å²) in [6.45, 7) is 1.10. The van der Waals surface area contributed by atoms with E-state index in [1.54, 1.807) is 0 Å². The van der Waals surface area contributed by atoms with Crippen LogP contribution in [0, 0.1) is 0 Å². The fraction of sp³-hybridized carbons (Fsp3) is 0.149. The molecule has 0 unspecified atom stereocenters. The summed E-state index contributed by atoms with van der Waals surface area (Å²) in [6.07, 6.45) is 5.35. The van der Waals surface area contributed by atoms with Crippen LogP contribution in [0.25, 0.3) is 0 Å². The molecule has 1 amide bonds. The van der Waals surface area contributed by atoms with E-state index in [1.807, 2.05) is 36.7 Å². The van der Waals surface area contributed by atoms with Gasteiger partial charge in [-0.15, -0.1) is 0 Å². The van der Waals surface area contributed by atoms with Crippen molar-refractivity contribution in [3.8, 4) is 0 Å². The van der Waals surface area contributed by atoms with Crippen LogP contribution in [0.5, 0.6) is 0 Å². The van der Waals surface area contributed by atoms with E-state index < -0.39 is 11.6 Å². The standard InChI is InChI=1S/C47H44N4O/c52-46(49-34-44(38-21-9-2-10-22-38)39-23-11-3-12-24-39)45(33-37-19-7-1-8-20-37)48-32-31-43-35-51(36-50-43)47(40-25-13-4-14-26-40,41-27-15-5-16-28-41)42-29-17-6-18-30-42/h1-30,35-36,44-45,48H,31-34H2,(H,49,52)/t45-/m1/s1. The lowest BCUT2D eigenvalue weighted by Crippen LogP contribution is -2.47. The number of rotatable bonds is 15. The Morgan fingerprint density at radius 3 is 1.52 bits per heavy atom. The molecule has 0 bridgehead atoms. The molecule has 258 valence electrons. The highest BCUT2D eigenvalue weighted by Crippen LogP contribution is 2.40. The van der Waals surface area contributed by atoms with Crippen molar-refractivity contribution in [1.29, 1.82) is 0 Å². The summed E-state index contributed by atoms with van der Waals surface area (Å²) in [5.74, 6) is 0.0364. The van der Waals surface area contributed by atoms with E-state index in [2.05, 4.69) is 173 Å². The highest BCUT2D eigenvalue weighted by molar-refractivity contribution is 5.82. The van der Waals surface area contributed by atoms with Crippen LogP contribution >= 0.6 is 0 Å². The second-order valence-electron chi connectivity index (χ2n) is 13.1. The van der Waals surface area contributed by atoms with E-state index in [1.165, 1.54) is 11.1 Å². The Morgan fingerprint density at radius 2 is 1.04 bits per heavy atom. The zero-order chi connectivity index (χ0) is 35.4. The predicted octanol–water partition coefficient (Wildman–Crippen LogP) is 8.42. The number of benzene rings is 6. The van der Waals surface area contributed by atoms with Gasteiger partial charge in [0, 0.05) is 31.6 Å². The van der Waals surface area contributed by atoms with Crippen molar-refractivity contribution in [2.75, 3.05) is 13.1 Å². The number of carbonyl (C=O) groups excluding carboxylic acids is 1.